The fraction of sp³-hybridized carbons (Fsp3) is 0.644. The van der Waals surface area contributed by atoms with E-state index >= 15 is 0 Å². The molecule has 0 saturated heterocycles. The van der Waals surface area contributed by atoms with Crippen LogP contribution in [0, 0.1) is 41.5 Å². The summed E-state index contributed by atoms with van der Waals surface area (Å²) in [4.78, 5) is 0. The third kappa shape index (κ3) is 20.2. The molecule has 0 heterocycles. The molecule has 0 amide bonds. The van der Waals surface area contributed by atoms with Crippen molar-refractivity contribution in [3.8, 4) is 0 Å². The monoisotopic (exact) mass is 852 g/mol. The smallest absolute Gasteiger partial charge is 0.358 e. The molecule has 0 spiro atoms. The quantitative estimate of drug-likeness (QED) is 0.107. The van der Waals surface area contributed by atoms with Gasteiger partial charge in [-0.2, -0.15) is 0 Å². The molecule has 0 radical (unpaired) electrons. The van der Waals surface area contributed by atoms with E-state index in [1.165, 1.54) is 101 Å². The molecule has 4 aliphatic rings. The van der Waals surface area contributed by atoms with Crippen molar-refractivity contribution in [1.82, 2.24) is 0 Å². The van der Waals surface area contributed by atoms with Crippen LogP contribution in [0.2, 0.25) is 61.4 Å². The molecule has 4 fully saturated rings. The minimum absolute atomic E-state index is 0. The minimum atomic E-state index is -1.55. The van der Waals surface area contributed by atoms with Gasteiger partial charge in [-0.1, -0.05) is 175 Å². The molecule has 0 N–H and O–H groups in total. The molecule has 0 aromatic rings. The molecular weight excluding hydrogens is 765 g/mol. The Hall–Kier alpha value is 0.346. The fourth-order valence-electron chi connectivity index (χ4n) is 8.98. The van der Waals surface area contributed by atoms with Gasteiger partial charge in [-0.05, 0) is 41.4 Å². The zero-order valence-corrected chi connectivity index (χ0v) is 41.8. The zero-order valence-electron chi connectivity index (χ0n) is 35.6. The summed E-state index contributed by atoms with van der Waals surface area (Å²) in [5, 5.41) is 0. The van der Waals surface area contributed by atoms with Gasteiger partial charge in [0.2, 0.25) is 0 Å². The molecule has 4 aliphatic carbocycles. The topological polar surface area (TPSA) is 0 Å². The van der Waals surface area contributed by atoms with Gasteiger partial charge in [0.05, 0.1) is 16.1 Å². The van der Waals surface area contributed by atoms with Gasteiger partial charge in [-0.25, -0.2) is 0 Å². The summed E-state index contributed by atoms with van der Waals surface area (Å²) in [6.07, 6.45) is 25.7. The number of hydrogen-bond donors (Lipinski definition) is 0. The average molecular weight is 853 g/mol. The van der Waals surface area contributed by atoms with Crippen molar-refractivity contribution >= 4 is 32.3 Å². The van der Waals surface area contributed by atoms with Gasteiger partial charge in [0.15, 0.2) is 0 Å². The van der Waals surface area contributed by atoms with E-state index in [0.29, 0.717) is 0 Å². The Bertz CT molecular complexity index is 801. The molecule has 0 nitrogen and oxygen atoms in total. The third-order valence-electron chi connectivity index (χ3n) is 13.2. The largest absolute Gasteiger partial charge is 2.00 e. The SMILES string of the molecule is C1CCC(CC2CCCC2)C1.C=C[Si](C=C)(C=C)CC[Si](C)(C)C1CCCC1.C=C[Si](C=C)(C=C)CC[Si](C)(C)C1CCCC1.[CH3-].[CH3-].[CH3-].[CH3-].[Fe+2].[Fe+2]. The van der Waals surface area contributed by atoms with Gasteiger partial charge in [0, 0.05) is 0 Å². The van der Waals surface area contributed by atoms with Gasteiger partial charge in [-0.15, -0.1) is 39.5 Å². The molecule has 0 aliphatic heterocycles. The summed E-state index contributed by atoms with van der Waals surface area (Å²) < 4.78 is 0. The summed E-state index contributed by atoms with van der Waals surface area (Å²) in [6.45, 7) is 34.4. The molecule has 51 heavy (non-hydrogen) atoms. The molecule has 6 heteroatoms. The van der Waals surface area contributed by atoms with Crippen molar-refractivity contribution in [3.05, 3.63) is 103 Å². The van der Waals surface area contributed by atoms with Gasteiger partial charge in [-0.3, -0.25) is 0 Å². The summed E-state index contributed by atoms with van der Waals surface area (Å²) in [5.41, 5.74) is 15.0. The predicted molar refractivity (Wildman–Crippen MR) is 246 cm³/mol. The number of hydrogen-bond acceptors (Lipinski definition) is 0. The Morgan fingerprint density at radius 2 is 0.608 bits per heavy atom. The molecule has 4 rings (SSSR count). The van der Waals surface area contributed by atoms with Crippen LogP contribution in [-0.2, 0) is 34.1 Å². The Morgan fingerprint density at radius 3 is 0.824 bits per heavy atom. The van der Waals surface area contributed by atoms with Crippen LogP contribution < -0.4 is 0 Å². The van der Waals surface area contributed by atoms with Crippen LogP contribution in [0.1, 0.15) is 109 Å². The van der Waals surface area contributed by atoms with E-state index in [2.05, 4.69) is 99.9 Å². The van der Waals surface area contributed by atoms with Crippen molar-refractivity contribution in [1.29, 1.82) is 0 Å². The van der Waals surface area contributed by atoms with E-state index in [-0.39, 0.29) is 63.8 Å². The Labute approximate surface area is 349 Å². The van der Waals surface area contributed by atoms with Crippen LogP contribution >= 0.6 is 0 Å². The van der Waals surface area contributed by atoms with E-state index in [1.54, 1.807) is 32.1 Å². The van der Waals surface area contributed by atoms with Gasteiger partial charge < -0.3 is 29.7 Å². The van der Waals surface area contributed by atoms with Crippen LogP contribution in [0.3, 0.4) is 0 Å². The molecule has 300 valence electrons. The van der Waals surface area contributed by atoms with E-state index in [9.17, 15) is 0 Å². The molecular formula is C45H88Fe2Si4. The van der Waals surface area contributed by atoms with Crippen molar-refractivity contribution in [2.24, 2.45) is 11.8 Å². The van der Waals surface area contributed by atoms with Gasteiger partial charge >= 0.3 is 34.1 Å². The fourth-order valence-corrected chi connectivity index (χ4v) is 24.6. The van der Waals surface area contributed by atoms with Gasteiger partial charge in [0.25, 0.3) is 0 Å². The second-order valence-electron chi connectivity index (χ2n) is 16.9. The van der Waals surface area contributed by atoms with Crippen LogP contribution in [0.5, 0.6) is 0 Å². The first-order chi connectivity index (χ1) is 21.4. The third-order valence-corrected chi connectivity index (χ3v) is 29.7. The van der Waals surface area contributed by atoms with Crippen molar-refractivity contribution < 1.29 is 34.1 Å². The summed E-state index contributed by atoms with van der Waals surface area (Å²) in [7, 11) is -5.18. The second-order valence-corrected chi connectivity index (χ2v) is 35.4. The minimum Gasteiger partial charge on any atom is -0.358 e. The predicted octanol–water partition coefficient (Wildman–Crippen LogP) is 16.1. The van der Waals surface area contributed by atoms with Crippen molar-refractivity contribution in [3.63, 3.8) is 0 Å². The van der Waals surface area contributed by atoms with Crippen molar-refractivity contribution in [2.75, 3.05) is 0 Å². The Morgan fingerprint density at radius 1 is 0.392 bits per heavy atom. The zero-order chi connectivity index (χ0) is 33.4. The average Bonchev–Trinajstić information content (AvgIpc) is 3.89. The molecule has 0 atom stereocenters. The number of rotatable bonds is 16. The maximum atomic E-state index is 4.01. The van der Waals surface area contributed by atoms with Crippen LogP contribution in [0.4, 0.5) is 0 Å². The maximum absolute atomic E-state index is 4.01. The summed E-state index contributed by atoms with van der Waals surface area (Å²) >= 11 is 0. The van der Waals surface area contributed by atoms with E-state index in [0.717, 1.165) is 22.9 Å². The van der Waals surface area contributed by atoms with Crippen LogP contribution in [-0.4, -0.2) is 32.3 Å². The van der Waals surface area contributed by atoms with Gasteiger partial charge in [0.1, 0.15) is 16.1 Å². The first-order valence-electron chi connectivity index (χ1n) is 19.3. The van der Waals surface area contributed by atoms with Crippen LogP contribution in [0.25, 0.3) is 0 Å². The standard InChI is InChI=1S/2C15H28Si2.C11H20.4CH3.2Fe/c2*1-6-17(7-2,8-3)14-13-16(4,5)15-11-9-10-12-15;1-2-6-10(5-1)9-11-7-3-4-8-11;;;;;;/h2*6-8,15H,1-3,9-14H2,4-5H3;10-11H,1-9H2;4*1H3;;/q;;;4*-1;2*+2. The maximum Gasteiger partial charge on any atom is 2.00 e. The second kappa shape index (κ2) is 30.6. The first-order valence-corrected chi connectivity index (χ1v) is 30.7. The molecule has 0 aromatic heterocycles. The van der Waals surface area contributed by atoms with E-state index in [1.807, 2.05) is 0 Å². The molecule has 4 saturated carbocycles. The first kappa shape index (κ1) is 60.6. The van der Waals surface area contributed by atoms with Crippen molar-refractivity contribution in [2.45, 2.75) is 171 Å². The van der Waals surface area contributed by atoms with E-state index in [4.69, 9.17) is 0 Å². The van der Waals surface area contributed by atoms with Crippen LogP contribution in [0.15, 0.2) is 73.7 Å². The summed E-state index contributed by atoms with van der Waals surface area (Å²) in [6, 6.07) is 5.43. The normalized spacial score (nSPS) is 18.1. The summed E-state index contributed by atoms with van der Waals surface area (Å²) in [5.74, 6) is 2.27. The molecule has 0 aromatic carbocycles. The molecule has 0 bridgehead atoms. The Kier molecular flexibility index (Phi) is 36.3. The molecule has 0 unspecified atom stereocenters. The van der Waals surface area contributed by atoms with E-state index < -0.39 is 32.3 Å². The Balaban J connectivity index is -0.000000199.